The van der Waals surface area contributed by atoms with Crippen LogP contribution in [0.4, 0.5) is 0 Å². The Bertz CT molecular complexity index is 511. The summed E-state index contributed by atoms with van der Waals surface area (Å²) in [7, 11) is 1.27. The van der Waals surface area contributed by atoms with Gasteiger partial charge in [0.2, 0.25) is 5.90 Å². The first-order valence-electron chi connectivity index (χ1n) is 5.38. The number of rotatable bonds is 2. The number of methoxy groups -OCH3 is 1. The lowest BCUT2D eigenvalue weighted by molar-refractivity contribution is -0.143. The number of carbonyl (C=O) groups excluding carboxylic acids is 1. The van der Waals surface area contributed by atoms with E-state index in [4.69, 9.17) is 4.74 Å². The second-order valence-corrected chi connectivity index (χ2v) is 3.90. The average molecular weight is 251 g/mol. The minimum absolute atomic E-state index is 0.117. The Balaban J connectivity index is 2.35. The predicted octanol–water partition coefficient (Wildman–Crippen LogP) is 0.805. The van der Waals surface area contributed by atoms with Gasteiger partial charge in [0.05, 0.1) is 12.7 Å². The number of phenols is 2. The summed E-state index contributed by atoms with van der Waals surface area (Å²) in [6, 6.07) is 3.68. The Labute approximate surface area is 103 Å². The summed E-state index contributed by atoms with van der Waals surface area (Å²) in [5.74, 6) is -0.981. The van der Waals surface area contributed by atoms with E-state index >= 15 is 0 Å². The van der Waals surface area contributed by atoms with Crippen molar-refractivity contribution in [1.82, 2.24) is 0 Å². The maximum absolute atomic E-state index is 11.4. The fourth-order valence-electron chi connectivity index (χ4n) is 1.70. The van der Waals surface area contributed by atoms with Crippen molar-refractivity contribution in [2.24, 2.45) is 4.99 Å². The fourth-order valence-corrected chi connectivity index (χ4v) is 1.70. The smallest absolute Gasteiger partial charge is 0.334 e. The number of para-hydroxylation sites is 1. The van der Waals surface area contributed by atoms with Crippen LogP contribution in [0.1, 0.15) is 12.5 Å². The van der Waals surface area contributed by atoms with Crippen molar-refractivity contribution in [3.63, 3.8) is 0 Å². The molecule has 1 heterocycles. The van der Waals surface area contributed by atoms with Crippen LogP contribution in [-0.4, -0.2) is 41.3 Å². The summed E-state index contributed by atoms with van der Waals surface area (Å²) in [5, 5.41) is 19.1. The van der Waals surface area contributed by atoms with Crippen molar-refractivity contribution in [2.75, 3.05) is 7.11 Å². The molecule has 96 valence electrons. The Morgan fingerprint density at radius 1 is 1.44 bits per heavy atom. The first kappa shape index (κ1) is 12.2. The first-order valence-corrected chi connectivity index (χ1v) is 5.38. The van der Waals surface area contributed by atoms with E-state index in [2.05, 4.69) is 9.73 Å². The highest BCUT2D eigenvalue weighted by Gasteiger charge is 2.35. The van der Waals surface area contributed by atoms with Gasteiger partial charge in [-0.15, -0.1) is 0 Å². The molecule has 2 N–H and O–H groups in total. The highest BCUT2D eigenvalue weighted by Crippen LogP contribution is 2.31. The molecule has 0 aromatic heterocycles. The highest BCUT2D eigenvalue weighted by atomic mass is 16.5. The van der Waals surface area contributed by atoms with Crippen molar-refractivity contribution in [3.8, 4) is 11.5 Å². The third-order valence-electron chi connectivity index (χ3n) is 2.69. The molecule has 1 aromatic rings. The monoisotopic (exact) mass is 251 g/mol. The van der Waals surface area contributed by atoms with E-state index in [1.165, 1.54) is 13.2 Å². The molecular weight excluding hydrogens is 238 g/mol. The normalized spacial score (nSPS) is 22.2. The van der Waals surface area contributed by atoms with Gasteiger partial charge in [0.15, 0.2) is 17.5 Å². The number of carbonyl (C=O) groups is 1. The molecule has 0 unspecified atom stereocenters. The zero-order valence-electron chi connectivity index (χ0n) is 9.95. The molecule has 0 bridgehead atoms. The average Bonchev–Trinajstić information content (AvgIpc) is 2.73. The number of esters is 1. The Hall–Kier alpha value is -2.24. The zero-order valence-corrected chi connectivity index (χ0v) is 9.95. The van der Waals surface area contributed by atoms with E-state index in [1.807, 2.05) is 0 Å². The van der Waals surface area contributed by atoms with Gasteiger partial charge in [0, 0.05) is 0 Å². The van der Waals surface area contributed by atoms with Crippen LogP contribution in [0.25, 0.3) is 0 Å². The van der Waals surface area contributed by atoms with Gasteiger partial charge in [-0.1, -0.05) is 6.07 Å². The van der Waals surface area contributed by atoms with Gasteiger partial charge in [-0.2, -0.15) is 0 Å². The Kier molecular flexibility index (Phi) is 3.10. The molecule has 6 nitrogen and oxygen atoms in total. The molecule has 0 radical (unpaired) electrons. The van der Waals surface area contributed by atoms with Crippen molar-refractivity contribution >= 4 is 11.9 Å². The molecule has 0 saturated carbocycles. The number of phenolic OH excluding ortho intramolecular Hbond substituents is 2. The lowest BCUT2D eigenvalue weighted by Crippen LogP contribution is -2.28. The van der Waals surface area contributed by atoms with Crippen LogP contribution >= 0.6 is 0 Å². The van der Waals surface area contributed by atoms with Crippen molar-refractivity contribution in [3.05, 3.63) is 23.8 Å². The highest BCUT2D eigenvalue weighted by molar-refractivity contribution is 6.00. The molecule has 1 aliphatic rings. The summed E-state index contributed by atoms with van der Waals surface area (Å²) >= 11 is 0. The topological polar surface area (TPSA) is 88.4 Å². The van der Waals surface area contributed by atoms with Gasteiger partial charge in [0.1, 0.15) is 6.10 Å². The molecule has 18 heavy (non-hydrogen) atoms. The van der Waals surface area contributed by atoms with Crippen molar-refractivity contribution in [1.29, 1.82) is 0 Å². The summed E-state index contributed by atoms with van der Waals surface area (Å²) in [5.41, 5.74) is 0.244. The molecule has 0 spiro atoms. The maximum Gasteiger partial charge on any atom is 0.334 e. The van der Waals surface area contributed by atoms with Gasteiger partial charge < -0.3 is 19.7 Å². The molecule has 0 saturated heterocycles. The third kappa shape index (κ3) is 1.97. The number of nitrogens with zero attached hydrogens (tertiary/aromatic N) is 1. The number of aliphatic imine (C=N–C) groups is 1. The third-order valence-corrected chi connectivity index (χ3v) is 2.69. The lowest BCUT2D eigenvalue weighted by atomic mass is 10.2. The Morgan fingerprint density at radius 3 is 2.83 bits per heavy atom. The number of hydrogen-bond donors (Lipinski definition) is 2. The minimum atomic E-state index is -0.758. The van der Waals surface area contributed by atoms with E-state index in [9.17, 15) is 15.0 Å². The van der Waals surface area contributed by atoms with Crippen LogP contribution in [-0.2, 0) is 14.3 Å². The number of ether oxygens (including phenoxy) is 2. The van der Waals surface area contributed by atoms with E-state index < -0.39 is 18.1 Å². The van der Waals surface area contributed by atoms with Crippen LogP contribution < -0.4 is 0 Å². The van der Waals surface area contributed by atoms with Crippen LogP contribution in [0.5, 0.6) is 11.5 Å². The fraction of sp³-hybridized carbons (Fsp3) is 0.333. The summed E-state index contributed by atoms with van der Waals surface area (Å²) < 4.78 is 10.0. The molecule has 0 fully saturated rings. The lowest BCUT2D eigenvalue weighted by Gasteiger charge is -2.10. The van der Waals surface area contributed by atoms with Crippen LogP contribution in [0, 0.1) is 0 Å². The maximum atomic E-state index is 11.4. The predicted molar refractivity (Wildman–Crippen MR) is 62.7 cm³/mol. The largest absolute Gasteiger partial charge is 0.504 e. The number of hydrogen-bond acceptors (Lipinski definition) is 6. The van der Waals surface area contributed by atoms with Crippen molar-refractivity contribution in [2.45, 2.75) is 19.1 Å². The molecule has 2 atom stereocenters. The molecular formula is C12H13NO5. The molecule has 1 aromatic carbocycles. The first-order chi connectivity index (χ1) is 8.54. The second-order valence-electron chi connectivity index (χ2n) is 3.90. The molecule has 0 amide bonds. The second kappa shape index (κ2) is 4.56. The van der Waals surface area contributed by atoms with E-state index in [0.717, 1.165) is 0 Å². The SMILES string of the molecule is COC(=O)[C@H]1N=C(c2cccc(O)c2O)O[C@@H]1C. The minimum Gasteiger partial charge on any atom is -0.504 e. The standard InChI is InChI=1S/C12H13NO5/c1-6-9(12(16)17-2)13-11(18-6)7-4-3-5-8(14)10(7)15/h3-6,9,14-15H,1-2H3/t6-,9+/m1/s1. The molecule has 0 aliphatic carbocycles. The van der Waals surface area contributed by atoms with E-state index in [-0.39, 0.29) is 23.0 Å². The zero-order chi connectivity index (χ0) is 13.3. The number of aromatic hydroxyl groups is 2. The van der Waals surface area contributed by atoms with E-state index in [0.29, 0.717) is 0 Å². The quantitative estimate of drug-likeness (QED) is 0.599. The van der Waals surface area contributed by atoms with Crippen LogP contribution in [0.2, 0.25) is 0 Å². The van der Waals surface area contributed by atoms with Crippen molar-refractivity contribution < 1.29 is 24.5 Å². The molecule has 1 aliphatic heterocycles. The summed E-state index contributed by atoms with van der Waals surface area (Å²) in [6.07, 6.45) is -0.478. The number of benzene rings is 1. The van der Waals surface area contributed by atoms with Crippen LogP contribution in [0.15, 0.2) is 23.2 Å². The van der Waals surface area contributed by atoms with Gasteiger partial charge in [-0.05, 0) is 19.1 Å². The molecule has 6 heteroatoms. The Morgan fingerprint density at radius 2 is 2.17 bits per heavy atom. The van der Waals surface area contributed by atoms with Gasteiger partial charge in [0.25, 0.3) is 0 Å². The van der Waals surface area contributed by atoms with Gasteiger partial charge >= 0.3 is 5.97 Å². The van der Waals surface area contributed by atoms with Gasteiger partial charge in [-0.25, -0.2) is 9.79 Å². The summed E-state index contributed by atoms with van der Waals surface area (Å²) in [6.45, 7) is 1.68. The van der Waals surface area contributed by atoms with Crippen LogP contribution in [0.3, 0.4) is 0 Å². The van der Waals surface area contributed by atoms with Gasteiger partial charge in [-0.3, -0.25) is 0 Å². The van der Waals surface area contributed by atoms with E-state index in [1.54, 1.807) is 19.1 Å². The molecule has 2 rings (SSSR count). The summed E-state index contributed by atoms with van der Waals surface area (Å²) in [4.78, 5) is 15.5.